The zero-order chi connectivity index (χ0) is 16.0. The average molecular weight is 322 g/mol. The molecule has 4 rings (SSSR count). The Labute approximate surface area is 135 Å². The highest BCUT2D eigenvalue weighted by molar-refractivity contribution is 5.18. The van der Waals surface area contributed by atoms with E-state index in [9.17, 15) is 0 Å². The first kappa shape index (κ1) is 15.5. The Morgan fingerprint density at radius 2 is 1.26 bits per heavy atom. The van der Waals surface area contributed by atoms with E-state index >= 15 is 0 Å². The maximum Gasteiger partial charge on any atom is 0.184 e. The van der Waals surface area contributed by atoms with Crippen molar-refractivity contribution in [3.63, 3.8) is 0 Å². The van der Waals surface area contributed by atoms with Crippen LogP contribution in [0.15, 0.2) is 30.3 Å². The molecule has 6 heteroatoms. The Bertz CT molecular complexity index is 535. The molecule has 23 heavy (non-hydrogen) atoms. The Hall–Kier alpha value is -1.02. The lowest BCUT2D eigenvalue weighted by Crippen LogP contribution is -2.73. The maximum absolute atomic E-state index is 6.21. The first-order valence-electron chi connectivity index (χ1n) is 7.95. The average Bonchev–Trinajstić information content (AvgIpc) is 2.57. The molecule has 0 spiro atoms. The van der Waals surface area contributed by atoms with E-state index in [0.29, 0.717) is 0 Å². The third kappa shape index (κ3) is 2.50. The molecule has 1 saturated carbocycles. The summed E-state index contributed by atoms with van der Waals surface area (Å²) in [5.41, 5.74) is 0.971. The highest BCUT2D eigenvalue weighted by Crippen LogP contribution is 2.44. The van der Waals surface area contributed by atoms with Crippen molar-refractivity contribution in [1.29, 1.82) is 0 Å². The first-order valence-corrected chi connectivity index (χ1v) is 7.95. The molecular weight excluding hydrogens is 300 g/mol. The van der Waals surface area contributed by atoms with E-state index in [2.05, 4.69) is 0 Å². The largest absolute Gasteiger partial charge is 0.376 e. The van der Waals surface area contributed by atoms with E-state index in [1.807, 2.05) is 37.3 Å². The Morgan fingerprint density at radius 3 is 1.91 bits per heavy atom. The highest BCUT2D eigenvalue weighted by atomic mass is 16.8. The smallest absolute Gasteiger partial charge is 0.184 e. The van der Waals surface area contributed by atoms with Crippen LogP contribution in [0.1, 0.15) is 18.8 Å². The van der Waals surface area contributed by atoms with Crippen molar-refractivity contribution in [2.45, 2.75) is 56.1 Å². The monoisotopic (exact) mass is 322 g/mol. The number of methoxy groups -OCH3 is 2. The van der Waals surface area contributed by atoms with Gasteiger partial charge in [-0.25, -0.2) is 0 Å². The van der Waals surface area contributed by atoms with Gasteiger partial charge in [0.05, 0.1) is 0 Å². The van der Waals surface area contributed by atoms with Crippen LogP contribution in [0.2, 0.25) is 0 Å². The molecule has 126 valence electrons. The molecule has 0 aromatic heterocycles. The number of rotatable bonds is 3. The van der Waals surface area contributed by atoms with Gasteiger partial charge in [0.25, 0.3) is 0 Å². The third-order valence-electron chi connectivity index (χ3n) is 4.82. The molecule has 0 amide bonds. The zero-order valence-electron chi connectivity index (χ0n) is 13.5. The first-order chi connectivity index (χ1) is 11.2. The molecule has 2 aliphatic heterocycles. The summed E-state index contributed by atoms with van der Waals surface area (Å²) in [6.45, 7) is 1.88. The van der Waals surface area contributed by atoms with Gasteiger partial charge in [-0.1, -0.05) is 30.3 Å². The second-order valence-electron chi connectivity index (χ2n) is 6.11. The van der Waals surface area contributed by atoms with E-state index in [4.69, 9.17) is 28.4 Å². The molecule has 3 fully saturated rings. The third-order valence-corrected chi connectivity index (χ3v) is 4.82. The minimum absolute atomic E-state index is 0.222. The molecule has 1 aromatic rings. The van der Waals surface area contributed by atoms with Crippen molar-refractivity contribution < 1.29 is 28.4 Å². The number of hydrogen-bond acceptors (Lipinski definition) is 6. The van der Waals surface area contributed by atoms with Gasteiger partial charge in [-0.3, -0.25) is 0 Å². The lowest BCUT2D eigenvalue weighted by molar-refractivity contribution is -0.423. The van der Waals surface area contributed by atoms with E-state index in [-0.39, 0.29) is 42.9 Å². The molecule has 0 N–H and O–H groups in total. The minimum atomic E-state index is -0.457. The van der Waals surface area contributed by atoms with Gasteiger partial charge in [-0.05, 0) is 6.92 Å². The molecule has 0 unspecified atom stereocenters. The summed E-state index contributed by atoms with van der Waals surface area (Å²) in [6.07, 6.45) is -2.28. The molecule has 1 aromatic carbocycles. The fourth-order valence-corrected chi connectivity index (χ4v) is 3.84. The second-order valence-corrected chi connectivity index (χ2v) is 6.11. The van der Waals surface area contributed by atoms with Gasteiger partial charge in [-0.15, -0.1) is 0 Å². The van der Waals surface area contributed by atoms with E-state index in [1.54, 1.807) is 14.2 Å². The molecule has 0 radical (unpaired) electrons. The van der Waals surface area contributed by atoms with Gasteiger partial charge >= 0.3 is 0 Å². The predicted octanol–water partition coefficient (Wildman–Crippen LogP) is 1.64. The fraction of sp³-hybridized carbons (Fsp3) is 0.647. The van der Waals surface area contributed by atoms with Gasteiger partial charge in [0, 0.05) is 19.8 Å². The summed E-state index contributed by atoms with van der Waals surface area (Å²) >= 11 is 0. The molecular formula is C17H22O6. The normalized spacial score (nSPS) is 45.7. The van der Waals surface area contributed by atoms with Crippen LogP contribution in [0.25, 0.3) is 0 Å². The zero-order valence-corrected chi connectivity index (χ0v) is 13.5. The molecule has 8 atom stereocenters. The van der Waals surface area contributed by atoms with Crippen LogP contribution in [0.4, 0.5) is 0 Å². The molecule has 6 nitrogen and oxygen atoms in total. The minimum Gasteiger partial charge on any atom is -0.376 e. The van der Waals surface area contributed by atoms with Gasteiger partial charge in [-0.2, -0.15) is 0 Å². The number of ether oxygens (including phenoxy) is 6. The molecule has 2 saturated heterocycles. The van der Waals surface area contributed by atoms with Gasteiger partial charge < -0.3 is 28.4 Å². The highest BCUT2D eigenvalue weighted by Gasteiger charge is 2.61. The lowest BCUT2D eigenvalue weighted by Gasteiger charge is -2.57. The van der Waals surface area contributed by atoms with E-state index in [0.717, 1.165) is 5.56 Å². The summed E-state index contributed by atoms with van der Waals surface area (Å²) in [5, 5.41) is 0. The Morgan fingerprint density at radius 1 is 0.739 bits per heavy atom. The van der Waals surface area contributed by atoms with Crippen LogP contribution in [-0.2, 0) is 28.4 Å². The van der Waals surface area contributed by atoms with E-state index < -0.39 is 6.29 Å². The van der Waals surface area contributed by atoms with Gasteiger partial charge in [0.2, 0.25) is 0 Å². The summed E-state index contributed by atoms with van der Waals surface area (Å²) < 4.78 is 35.6. The van der Waals surface area contributed by atoms with Crippen molar-refractivity contribution in [2.75, 3.05) is 14.2 Å². The predicted molar refractivity (Wildman–Crippen MR) is 79.7 cm³/mol. The lowest BCUT2D eigenvalue weighted by atomic mass is 9.82. The molecule has 3 aliphatic rings. The van der Waals surface area contributed by atoms with Crippen LogP contribution in [0, 0.1) is 0 Å². The quantitative estimate of drug-likeness (QED) is 0.843. The van der Waals surface area contributed by atoms with Crippen LogP contribution in [-0.4, -0.2) is 57.1 Å². The van der Waals surface area contributed by atoms with Crippen LogP contribution < -0.4 is 0 Å². The van der Waals surface area contributed by atoms with Crippen molar-refractivity contribution in [2.24, 2.45) is 0 Å². The molecule has 1 aliphatic carbocycles. The molecule has 2 heterocycles. The van der Waals surface area contributed by atoms with Crippen molar-refractivity contribution in [3.05, 3.63) is 35.9 Å². The van der Waals surface area contributed by atoms with Crippen molar-refractivity contribution in [3.8, 4) is 0 Å². The van der Waals surface area contributed by atoms with E-state index in [1.165, 1.54) is 0 Å². The van der Waals surface area contributed by atoms with Gasteiger partial charge in [0.15, 0.2) is 12.6 Å². The van der Waals surface area contributed by atoms with Crippen LogP contribution in [0.3, 0.4) is 0 Å². The Kier molecular flexibility index (Phi) is 4.13. The van der Waals surface area contributed by atoms with Crippen molar-refractivity contribution >= 4 is 0 Å². The van der Waals surface area contributed by atoms with Gasteiger partial charge in [0.1, 0.15) is 36.6 Å². The summed E-state index contributed by atoms with van der Waals surface area (Å²) in [7, 11) is 3.32. The maximum atomic E-state index is 6.21. The van der Waals surface area contributed by atoms with Crippen LogP contribution in [0.5, 0.6) is 0 Å². The fourth-order valence-electron chi connectivity index (χ4n) is 3.84. The number of benzene rings is 1. The van der Waals surface area contributed by atoms with Crippen molar-refractivity contribution in [1.82, 2.24) is 0 Å². The summed E-state index contributed by atoms with van der Waals surface area (Å²) in [5.74, 6) is 0. The SMILES string of the molecule is CO[C@@H]1[C@H](OC)[C@@H]2O[C@@H](C)O[C@H]3[C@@H]2O[C@@H](c2ccccc2)O[C@@H]13. The topological polar surface area (TPSA) is 55.4 Å². The summed E-state index contributed by atoms with van der Waals surface area (Å²) in [4.78, 5) is 0. The standard InChI is InChI=1S/C17H22O6/c1-9-20-13-11(18-2)12(19-3)14-15(21-9)16(13)23-17(22-14)10-7-5-4-6-8-10/h4-9,11-17H,1-3H3/t9-,11+,12-,13+,14+,15-,16-,17+/m1/s1. The summed E-state index contributed by atoms with van der Waals surface area (Å²) in [6, 6.07) is 9.87. The Balaban J connectivity index is 1.67. The molecule has 4 bridgehead atoms. The number of hydrogen-bond donors (Lipinski definition) is 0. The van der Waals surface area contributed by atoms with Crippen LogP contribution >= 0.6 is 0 Å². The second kappa shape index (κ2) is 6.12.